The Morgan fingerprint density at radius 3 is 2.42 bits per heavy atom. The van der Waals surface area contributed by atoms with E-state index >= 15 is 0 Å². The SMILES string of the molecule is COc1ccc(OC[C@H](C)NC(=O)c2cc(S(=O)(=O)N3CCOCC3)ccc2C)cc1. The van der Waals surface area contributed by atoms with Gasteiger partial charge in [-0.05, 0) is 55.8 Å². The van der Waals surface area contributed by atoms with E-state index in [0.29, 0.717) is 43.2 Å². The molecule has 1 aliphatic heterocycles. The average Bonchev–Trinajstić information content (AvgIpc) is 2.78. The van der Waals surface area contributed by atoms with Crippen molar-refractivity contribution in [3.63, 3.8) is 0 Å². The van der Waals surface area contributed by atoms with Crippen LogP contribution in [0.25, 0.3) is 0 Å². The van der Waals surface area contributed by atoms with Crippen LogP contribution in [0.5, 0.6) is 11.5 Å². The van der Waals surface area contributed by atoms with E-state index in [0.717, 1.165) is 5.75 Å². The van der Waals surface area contributed by atoms with E-state index in [4.69, 9.17) is 14.2 Å². The molecule has 1 fully saturated rings. The fourth-order valence-electron chi connectivity index (χ4n) is 3.18. The number of aryl methyl sites for hydroxylation is 1. The standard InChI is InChI=1S/C22H28N2O6S/c1-16-4-9-20(31(26,27)24-10-12-29-13-11-24)14-21(16)22(25)23-17(2)15-30-19-7-5-18(28-3)6-8-19/h4-9,14,17H,10-13,15H2,1-3H3,(H,23,25)/t17-/m0/s1. The van der Waals surface area contributed by atoms with Gasteiger partial charge in [-0.15, -0.1) is 0 Å². The van der Waals surface area contributed by atoms with Crippen LogP contribution >= 0.6 is 0 Å². The lowest BCUT2D eigenvalue weighted by Crippen LogP contribution is -2.41. The van der Waals surface area contributed by atoms with E-state index in [1.54, 1.807) is 44.4 Å². The molecule has 9 heteroatoms. The fraction of sp³-hybridized carbons (Fsp3) is 0.409. The number of rotatable bonds is 8. The number of sulfonamides is 1. The highest BCUT2D eigenvalue weighted by Gasteiger charge is 2.27. The summed E-state index contributed by atoms with van der Waals surface area (Å²) in [6, 6.07) is 11.5. The third-order valence-electron chi connectivity index (χ3n) is 5.00. The number of methoxy groups -OCH3 is 1. The zero-order valence-electron chi connectivity index (χ0n) is 18.0. The van der Waals surface area contributed by atoms with Gasteiger partial charge in [0.15, 0.2) is 0 Å². The number of morpholine rings is 1. The van der Waals surface area contributed by atoms with Gasteiger partial charge in [0.25, 0.3) is 5.91 Å². The average molecular weight is 449 g/mol. The van der Waals surface area contributed by atoms with Crippen molar-refractivity contribution in [1.82, 2.24) is 9.62 Å². The zero-order chi connectivity index (χ0) is 22.4. The van der Waals surface area contributed by atoms with Gasteiger partial charge in [0.2, 0.25) is 10.0 Å². The number of ether oxygens (including phenoxy) is 3. The molecule has 0 unspecified atom stereocenters. The Bertz CT molecular complexity index is 1000. The highest BCUT2D eigenvalue weighted by Crippen LogP contribution is 2.21. The molecule has 0 bridgehead atoms. The number of nitrogens with zero attached hydrogens (tertiary/aromatic N) is 1. The Balaban J connectivity index is 1.65. The first-order valence-corrected chi connectivity index (χ1v) is 11.5. The van der Waals surface area contributed by atoms with Crippen LogP contribution in [0.1, 0.15) is 22.8 Å². The first-order valence-electron chi connectivity index (χ1n) is 10.1. The molecule has 1 N–H and O–H groups in total. The zero-order valence-corrected chi connectivity index (χ0v) is 18.8. The number of amides is 1. The highest BCUT2D eigenvalue weighted by molar-refractivity contribution is 7.89. The highest BCUT2D eigenvalue weighted by atomic mass is 32.2. The molecule has 2 aromatic carbocycles. The Morgan fingerprint density at radius 2 is 1.77 bits per heavy atom. The molecular formula is C22H28N2O6S. The lowest BCUT2D eigenvalue weighted by atomic mass is 10.1. The van der Waals surface area contributed by atoms with Gasteiger partial charge in [0, 0.05) is 18.7 Å². The minimum atomic E-state index is -3.68. The molecule has 0 radical (unpaired) electrons. The summed E-state index contributed by atoms with van der Waals surface area (Å²) in [4.78, 5) is 12.9. The summed E-state index contributed by atoms with van der Waals surface area (Å²) in [5, 5.41) is 2.87. The fourth-order valence-corrected chi connectivity index (χ4v) is 4.61. The van der Waals surface area contributed by atoms with Crippen molar-refractivity contribution in [2.45, 2.75) is 24.8 Å². The number of carbonyl (C=O) groups excluding carboxylic acids is 1. The molecule has 3 rings (SSSR count). The van der Waals surface area contributed by atoms with Crippen molar-refractivity contribution in [1.29, 1.82) is 0 Å². The van der Waals surface area contributed by atoms with Gasteiger partial charge in [0.1, 0.15) is 18.1 Å². The summed E-state index contributed by atoms with van der Waals surface area (Å²) >= 11 is 0. The molecule has 0 saturated carbocycles. The van der Waals surface area contributed by atoms with Gasteiger partial charge >= 0.3 is 0 Å². The quantitative estimate of drug-likeness (QED) is 0.666. The number of benzene rings is 2. The largest absolute Gasteiger partial charge is 0.497 e. The van der Waals surface area contributed by atoms with Crippen molar-refractivity contribution in [3.8, 4) is 11.5 Å². The van der Waals surface area contributed by atoms with Gasteiger partial charge in [-0.3, -0.25) is 4.79 Å². The first kappa shape index (κ1) is 23.1. The number of nitrogens with one attached hydrogen (secondary N) is 1. The first-order chi connectivity index (χ1) is 14.8. The number of hydrogen-bond donors (Lipinski definition) is 1. The molecule has 31 heavy (non-hydrogen) atoms. The normalized spacial score (nSPS) is 15.8. The molecular weight excluding hydrogens is 420 g/mol. The molecule has 1 heterocycles. The Hall–Kier alpha value is -2.62. The number of hydrogen-bond acceptors (Lipinski definition) is 6. The second-order valence-corrected chi connectivity index (χ2v) is 9.29. The minimum Gasteiger partial charge on any atom is -0.497 e. The lowest BCUT2D eigenvalue weighted by Gasteiger charge is -2.26. The van der Waals surface area contributed by atoms with Gasteiger partial charge in [-0.2, -0.15) is 4.31 Å². The maximum Gasteiger partial charge on any atom is 0.251 e. The van der Waals surface area contributed by atoms with Crippen molar-refractivity contribution in [2.75, 3.05) is 40.0 Å². The van der Waals surface area contributed by atoms with Crippen molar-refractivity contribution in [3.05, 3.63) is 53.6 Å². The molecule has 1 amide bonds. The Morgan fingerprint density at radius 1 is 1.13 bits per heavy atom. The maximum atomic E-state index is 12.9. The summed E-state index contributed by atoms with van der Waals surface area (Å²) in [5.41, 5.74) is 1.02. The Labute approximate surface area is 183 Å². The van der Waals surface area contributed by atoms with Crippen LogP contribution in [0.2, 0.25) is 0 Å². The molecule has 1 aliphatic rings. The summed E-state index contributed by atoms with van der Waals surface area (Å²) < 4.78 is 43.3. The van der Waals surface area contributed by atoms with Crippen LogP contribution in [0.15, 0.2) is 47.4 Å². The molecule has 1 atom stereocenters. The third-order valence-corrected chi connectivity index (χ3v) is 6.89. The summed E-state index contributed by atoms with van der Waals surface area (Å²) in [7, 11) is -2.08. The van der Waals surface area contributed by atoms with Crippen LogP contribution in [0.3, 0.4) is 0 Å². The van der Waals surface area contributed by atoms with Gasteiger partial charge in [0.05, 0.1) is 31.3 Å². The Kier molecular flexibility index (Phi) is 7.53. The van der Waals surface area contributed by atoms with Crippen LogP contribution < -0.4 is 14.8 Å². The molecule has 0 aromatic heterocycles. The van der Waals surface area contributed by atoms with Crippen molar-refractivity contribution < 1.29 is 27.4 Å². The van der Waals surface area contributed by atoms with Gasteiger partial charge in [-0.25, -0.2) is 8.42 Å². The predicted octanol–water partition coefficient (Wildman–Crippen LogP) is 2.22. The summed E-state index contributed by atoms with van der Waals surface area (Å²) in [6.45, 7) is 5.20. The second kappa shape index (κ2) is 10.1. The van der Waals surface area contributed by atoms with Crippen LogP contribution in [-0.4, -0.2) is 64.7 Å². The molecule has 0 spiro atoms. The van der Waals surface area contributed by atoms with Gasteiger partial charge < -0.3 is 19.5 Å². The molecule has 8 nitrogen and oxygen atoms in total. The molecule has 1 saturated heterocycles. The van der Waals surface area contributed by atoms with Crippen LogP contribution in [0.4, 0.5) is 0 Å². The minimum absolute atomic E-state index is 0.104. The van der Waals surface area contributed by atoms with E-state index in [2.05, 4.69) is 5.32 Å². The lowest BCUT2D eigenvalue weighted by molar-refractivity contribution is 0.0730. The summed E-state index contributed by atoms with van der Waals surface area (Å²) in [5.74, 6) is 1.05. The maximum absolute atomic E-state index is 12.9. The smallest absolute Gasteiger partial charge is 0.251 e. The molecule has 0 aliphatic carbocycles. The predicted molar refractivity (Wildman–Crippen MR) is 116 cm³/mol. The van der Waals surface area contributed by atoms with E-state index in [1.165, 1.54) is 16.4 Å². The molecule has 2 aromatic rings. The van der Waals surface area contributed by atoms with Gasteiger partial charge in [-0.1, -0.05) is 6.07 Å². The van der Waals surface area contributed by atoms with Crippen molar-refractivity contribution in [2.24, 2.45) is 0 Å². The van der Waals surface area contributed by atoms with E-state index in [9.17, 15) is 13.2 Å². The monoisotopic (exact) mass is 448 g/mol. The van der Waals surface area contributed by atoms with Crippen molar-refractivity contribution >= 4 is 15.9 Å². The van der Waals surface area contributed by atoms with E-state index in [1.807, 2.05) is 6.92 Å². The number of carbonyl (C=O) groups is 1. The molecule has 168 valence electrons. The van der Waals surface area contributed by atoms with E-state index in [-0.39, 0.29) is 23.5 Å². The topological polar surface area (TPSA) is 94.2 Å². The van der Waals surface area contributed by atoms with Crippen LogP contribution in [-0.2, 0) is 14.8 Å². The second-order valence-electron chi connectivity index (χ2n) is 7.35. The van der Waals surface area contributed by atoms with E-state index < -0.39 is 10.0 Å². The van der Waals surface area contributed by atoms with Crippen LogP contribution in [0, 0.1) is 6.92 Å². The third kappa shape index (κ3) is 5.75. The summed E-state index contributed by atoms with van der Waals surface area (Å²) in [6.07, 6.45) is 0.